The fourth-order valence-electron chi connectivity index (χ4n) is 2.40. The summed E-state index contributed by atoms with van der Waals surface area (Å²) >= 11 is 6.60. The topological polar surface area (TPSA) is 60.3 Å². The molecule has 0 bridgehead atoms. The van der Waals surface area contributed by atoms with E-state index in [1.54, 1.807) is 18.1 Å². The van der Waals surface area contributed by atoms with Crippen molar-refractivity contribution >= 4 is 46.3 Å². The number of benzene rings is 1. The molecule has 27 heavy (non-hydrogen) atoms. The van der Waals surface area contributed by atoms with Crippen LogP contribution in [0.25, 0.3) is 6.08 Å². The van der Waals surface area contributed by atoms with Gasteiger partial charge in [-0.3, -0.25) is 14.5 Å². The van der Waals surface area contributed by atoms with Crippen molar-refractivity contribution in [2.45, 2.75) is 12.8 Å². The molecule has 6 nitrogen and oxygen atoms in total. The Bertz CT molecular complexity index is 734. The number of esters is 1. The molecule has 8 heteroatoms. The lowest BCUT2D eigenvalue weighted by Crippen LogP contribution is -3.06. The lowest BCUT2D eigenvalue weighted by atomic mass is 10.2. The molecule has 0 radical (unpaired) electrons. The number of thioether (sulfide) groups is 1. The standard InChI is InChI=1S/C19H24N2O4S2/c1-20(2)10-11-25-17(22)8-5-9-21-18(23)16(27-19(21)26)13-14-6-4-7-15(12-14)24-3/h4,6-7,12-13H,5,8-11H2,1-3H3/p+1/b16-13-. The van der Waals surface area contributed by atoms with Crippen LogP contribution in [0.3, 0.4) is 0 Å². The van der Waals surface area contributed by atoms with Gasteiger partial charge in [0.2, 0.25) is 0 Å². The SMILES string of the molecule is COc1cccc(/C=C2\SC(=S)N(CCCC(=O)OCC[NH+](C)C)C2=O)c1. The molecule has 1 saturated heterocycles. The summed E-state index contributed by atoms with van der Waals surface area (Å²) < 4.78 is 10.9. The van der Waals surface area contributed by atoms with Crippen LogP contribution in [0.4, 0.5) is 0 Å². The number of hydrogen-bond donors (Lipinski definition) is 1. The van der Waals surface area contributed by atoms with Crippen molar-refractivity contribution in [3.05, 3.63) is 34.7 Å². The smallest absolute Gasteiger partial charge is 0.306 e. The summed E-state index contributed by atoms with van der Waals surface area (Å²) in [6.07, 6.45) is 2.60. The van der Waals surface area contributed by atoms with Crippen LogP contribution < -0.4 is 9.64 Å². The van der Waals surface area contributed by atoms with Gasteiger partial charge in [0.15, 0.2) is 0 Å². The summed E-state index contributed by atoms with van der Waals surface area (Å²) in [6, 6.07) is 7.48. The van der Waals surface area contributed by atoms with E-state index < -0.39 is 0 Å². The molecule has 1 heterocycles. The van der Waals surface area contributed by atoms with Gasteiger partial charge in [-0.05, 0) is 30.2 Å². The zero-order valence-electron chi connectivity index (χ0n) is 15.8. The summed E-state index contributed by atoms with van der Waals surface area (Å²) in [6.45, 7) is 1.59. The highest BCUT2D eigenvalue weighted by Gasteiger charge is 2.31. The van der Waals surface area contributed by atoms with Gasteiger partial charge in [-0.2, -0.15) is 0 Å². The third kappa shape index (κ3) is 6.64. The van der Waals surface area contributed by atoms with E-state index in [1.807, 2.05) is 38.4 Å². The molecule has 1 fully saturated rings. The molecule has 1 aliphatic heterocycles. The van der Waals surface area contributed by atoms with E-state index >= 15 is 0 Å². The lowest BCUT2D eigenvalue weighted by molar-refractivity contribution is -0.858. The van der Waals surface area contributed by atoms with E-state index in [9.17, 15) is 9.59 Å². The Morgan fingerprint density at radius 2 is 2.15 bits per heavy atom. The first-order valence-electron chi connectivity index (χ1n) is 8.75. The molecular formula is C19H25N2O4S2+. The zero-order chi connectivity index (χ0) is 19.8. The van der Waals surface area contributed by atoms with Gasteiger partial charge in [0.25, 0.3) is 5.91 Å². The summed E-state index contributed by atoms with van der Waals surface area (Å²) in [5, 5.41) is 0. The largest absolute Gasteiger partial charge is 0.497 e. The second-order valence-corrected chi connectivity index (χ2v) is 8.07. The first kappa shape index (κ1) is 21.4. The number of thiocarbonyl (C=S) groups is 1. The molecule has 0 unspecified atom stereocenters. The van der Waals surface area contributed by atoms with Crippen molar-refractivity contribution in [1.82, 2.24) is 4.90 Å². The van der Waals surface area contributed by atoms with Crippen molar-refractivity contribution in [3.8, 4) is 5.75 Å². The van der Waals surface area contributed by atoms with Crippen LogP contribution in [-0.4, -0.2) is 62.0 Å². The highest BCUT2D eigenvalue weighted by atomic mass is 32.2. The van der Waals surface area contributed by atoms with Gasteiger partial charge in [-0.25, -0.2) is 0 Å². The maximum Gasteiger partial charge on any atom is 0.306 e. The number of likely N-dealkylation sites (N-methyl/N-ethyl adjacent to an activating group) is 1. The summed E-state index contributed by atoms with van der Waals surface area (Å²) in [5.41, 5.74) is 0.876. The highest BCUT2D eigenvalue weighted by molar-refractivity contribution is 8.26. The van der Waals surface area contributed by atoms with E-state index in [-0.39, 0.29) is 18.3 Å². The van der Waals surface area contributed by atoms with Crippen molar-refractivity contribution in [2.24, 2.45) is 0 Å². The molecule has 1 aliphatic rings. The number of carbonyl (C=O) groups is 2. The van der Waals surface area contributed by atoms with Gasteiger partial charge in [-0.15, -0.1) is 0 Å². The molecular weight excluding hydrogens is 384 g/mol. The van der Waals surface area contributed by atoms with Crippen LogP contribution in [0.2, 0.25) is 0 Å². The number of nitrogens with zero attached hydrogens (tertiary/aromatic N) is 1. The molecule has 2 rings (SSSR count). The molecule has 0 aromatic heterocycles. The minimum absolute atomic E-state index is 0.127. The van der Waals surface area contributed by atoms with E-state index in [4.69, 9.17) is 21.7 Å². The van der Waals surface area contributed by atoms with Gasteiger partial charge >= 0.3 is 5.97 Å². The monoisotopic (exact) mass is 409 g/mol. The number of methoxy groups -OCH3 is 1. The predicted molar refractivity (Wildman–Crippen MR) is 111 cm³/mol. The van der Waals surface area contributed by atoms with Crippen molar-refractivity contribution in [1.29, 1.82) is 0 Å². The average Bonchev–Trinajstić information content (AvgIpc) is 2.89. The van der Waals surface area contributed by atoms with Gasteiger partial charge in [0, 0.05) is 13.0 Å². The third-order valence-electron chi connectivity index (χ3n) is 3.89. The fraction of sp³-hybridized carbons (Fsp3) is 0.421. The quantitative estimate of drug-likeness (QED) is 0.378. The zero-order valence-corrected chi connectivity index (χ0v) is 17.5. The Labute approximate surface area is 169 Å². The first-order valence-corrected chi connectivity index (χ1v) is 9.97. The van der Waals surface area contributed by atoms with Gasteiger partial charge < -0.3 is 14.4 Å². The third-order valence-corrected chi connectivity index (χ3v) is 5.27. The number of carbonyl (C=O) groups excluding carboxylic acids is 2. The fourth-order valence-corrected chi connectivity index (χ4v) is 3.71. The van der Waals surface area contributed by atoms with E-state index in [0.717, 1.165) is 17.9 Å². The Morgan fingerprint density at radius 1 is 1.37 bits per heavy atom. The number of nitrogens with one attached hydrogen (secondary N) is 1. The minimum atomic E-state index is -0.242. The van der Waals surface area contributed by atoms with Crippen molar-refractivity contribution < 1.29 is 24.0 Å². The van der Waals surface area contributed by atoms with Crippen LogP contribution in [0.5, 0.6) is 5.75 Å². The van der Waals surface area contributed by atoms with E-state index in [0.29, 0.717) is 28.8 Å². The van der Waals surface area contributed by atoms with Gasteiger partial charge in [0.1, 0.15) is 23.2 Å². The number of rotatable bonds is 9. The Hall–Kier alpha value is -1.90. The van der Waals surface area contributed by atoms with Crippen LogP contribution in [-0.2, 0) is 14.3 Å². The molecule has 1 amide bonds. The molecule has 0 atom stereocenters. The Kier molecular flexibility index (Phi) is 8.27. The maximum absolute atomic E-state index is 12.6. The van der Waals surface area contributed by atoms with Crippen molar-refractivity contribution in [3.63, 3.8) is 0 Å². The molecule has 0 spiro atoms. The van der Waals surface area contributed by atoms with Gasteiger partial charge in [-0.1, -0.05) is 36.1 Å². The predicted octanol–water partition coefficient (Wildman–Crippen LogP) is 1.36. The molecule has 1 aromatic rings. The minimum Gasteiger partial charge on any atom is -0.497 e. The highest BCUT2D eigenvalue weighted by Crippen LogP contribution is 2.33. The summed E-state index contributed by atoms with van der Waals surface area (Å²) in [7, 11) is 5.61. The first-order chi connectivity index (χ1) is 12.9. The van der Waals surface area contributed by atoms with Crippen LogP contribution in [0.1, 0.15) is 18.4 Å². The Morgan fingerprint density at radius 3 is 2.85 bits per heavy atom. The molecule has 146 valence electrons. The van der Waals surface area contributed by atoms with Crippen LogP contribution in [0, 0.1) is 0 Å². The molecule has 1 aromatic carbocycles. The number of quaternary nitrogens is 1. The summed E-state index contributed by atoms with van der Waals surface area (Å²) in [5.74, 6) is 0.361. The molecule has 1 N–H and O–H groups in total. The number of ether oxygens (including phenoxy) is 2. The number of hydrogen-bond acceptors (Lipinski definition) is 6. The number of amides is 1. The maximum atomic E-state index is 12.6. The normalized spacial score (nSPS) is 15.7. The van der Waals surface area contributed by atoms with Crippen molar-refractivity contribution in [2.75, 3.05) is 40.9 Å². The second-order valence-electron chi connectivity index (χ2n) is 6.39. The van der Waals surface area contributed by atoms with Crippen LogP contribution >= 0.6 is 24.0 Å². The summed E-state index contributed by atoms with van der Waals surface area (Å²) in [4.78, 5) is 27.7. The van der Waals surface area contributed by atoms with Crippen LogP contribution in [0.15, 0.2) is 29.2 Å². The van der Waals surface area contributed by atoms with Gasteiger partial charge in [0.05, 0.1) is 26.1 Å². The second kappa shape index (κ2) is 10.4. The lowest BCUT2D eigenvalue weighted by Gasteiger charge is -2.14. The van der Waals surface area contributed by atoms with E-state index in [2.05, 4.69) is 0 Å². The Balaban J connectivity index is 1.86. The average molecular weight is 410 g/mol. The van der Waals surface area contributed by atoms with E-state index in [1.165, 1.54) is 16.7 Å². The molecule has 0 saturated carbocycles. The molecule has 0 aliphatic carbocycles.